The number of aromatic nitrogens is 2. The summed E-state index contributed by atoms with van der Waals surface area (Å²) in [5.74, 6) is 0. The first-order valence-corrected chi connectivity index (χ1v) is 9.76. The van der Waals surface area contributed by atoms with Gasteiger partial charge >= 0.3 is 0 Å². The van der Waals surface area contributed by atoms with Crippen LogP contribution in [0.1, 0.15) is 5.56 Å². The van der Waals surface area contributed by atoms with Crippen molar-refractivity contribution in [2.24, 2.45) is 0 Å². The number of rotatable bonds is 5. The Bertz CT molecular complexity index is 1140. The van der Waals surface area contributed by atoms with Crippen LogP contribution in [-0.4, -0.2) is 9.55 Å². The number of thioether (sulfide) groups is 1. The summed E-state index contributed by atoms with van der Waals surface area (Å²) in [6.07, 6.45) is 5.89. The van der Waals surface area contributed by atoms with Gasteiger partial charge in [0.2, 0.25) is 0 Å². The van der Waals surface area contributed by atoms with Crippen molar-refractivity contribution in [3.63, 3.8) is 0 Å². The molecule has 2 heterocycles. The van der Waals surface area contributed by atoms with Gasteiger partial charge < -0.3 is 4.57 Å². The fourth-order valence-corrected chi connectivity index (χ4v) is 4.86. The van der Waals surface area contributed by atoms with Gasteiger partial charge in [-0.15, -0.1) is 17.9 Å². The summed E-state index contributed by atoms with van der Waals surface area (Å²) in [4.78, 5) is 5.24. The van der Waals surface area contributed by atoms with Gasteiger partial charge in [0.05, 0.1) is 15.1 Å². The Morgan fingerprint density at radius 2 is 2.04 bits per heavy atom. The van der Waals surface area contributed by atoms with Gasteiger partial charge in [0.15, 0.2) is 4.34 Å². The fourth-order valence-electron chi connectivity index (χ4n) is 2.89. The minimum absolute atomic E-state index is 0.630. The Morgan fingerprint density at radius 1 is 1.23 bits per heavy atom. The molecule has 3 nitrogen and oxygen atoms in total. The second kappa shape index (κ2) is 7.20. The monoisotopic (exact) mass is 373 g/mol. The zero-order chi connectivity index (χ0) is 17.9. The number of benzene rings is 2. The van der Waals surface area contributed by atoms with Crippen LogP contribution in [0.5, 0.6) is 0 Å². The van der Waals surface area contributed by atoms with Gasteiger partial charge in [-0.05, 0) is 36.0 Å². The maximum absolute atomic E-state index is 9.62. The van der Waals surface area contributed by atoms with Crippen molar-refractivity contribution < 1.29 is 0 Å². The molecule has 2 aromatic carbocycles. The lowest BCUT2D eigenvalue weighted by molar-refractivity contribution is 0.865. The smallest absolute Gasteiger partial charge is 0.156 e. The van der Waals surface area contributed by atoms with Crippen LogP contribution in [0, 0.1) is 11.3 Å². The number of nitrogens with zero attached hydrogens (tertiary/aromatic N) is 3. The zero-order valence-corrected chi connectivity index (χ0v) is 15.6. The molecule has 0 N–H and O–H groups in total. The zero-order valence-electron chi connectivity index (χ0n) is 13.9. The van der Waals surface area contributed by atoms with E-state index in [1.54, 1.807) is 11.3 Å². The summed E-state index contributed by atoms with van der Waals surface area (Å²) < 4.78 is 4.16. The first-order chi connectivity index (χ1) is 12.8. The first kappa shape index (κ1) is 16.6. The number of allylic oxidation sites excluding steroid dienone is 2. The first-order valence-electron chi connectivity index (χ1n) is 8.12. The lowest BCUT2D eigenvalue weighted by Gasteiger charge is -1.98. The number of fused-ring (bicyclic) bond motifs is 2. The molecular formula is C21H15N3S2. The van der Waals surface area contributed by atoms with Gasteiger partial charge in [0.25, 0.3) is 0 Å². The molecule has 5 heteroatoms. The summed E-state index contributed by atoms with van der Waals surface area (Å²) >= 11 is 3.03. The molecule has 4 aromatic rings. The number of hydrogen-bond acceptors (Lipinski definition) is 4. The standard InChI is InChI=1S/C21H15N3S2/c1-2-11-24-14-15(17-7-3-5-9-19(17)24)12-16(13-22)25-21-23-18-8-4-6-10-20(18)26-21/h2-10,12,14H,1,11H2/b16-12+. The highest BCUT2D eigenvalue weighted by molar-refractivity contribution is 8.05. The van der Waals surface area contributed by atoms with Crippen molar-refractivity contribution in [1.82, 2.24) is 9.55 Å². The molecule has 0 aliphatic heterocycles. The normalized spacial score (nSPS) is 11.7. The molecule has 126 valence electrons. The predicted octanol–water partition coefficient (Wildman–Crippen LogP) is 6.09. The van der Waals surface area contributed by atoms with Crippen molar-refractivity contribution in [1.29, 1.82) is 5.26 Å². The molecular weight excluding hydrogens is 358 g/mol. The molecule has 4 rings (SSSR count). The Morgan fingerprint density at radius 3 is 2.85 bits per heavy atom. The van der Waals surface area contributed by atoms with E-state index < -0.39 is 0 Å². The lowest BCUT2D eigenvalue weighted by atomic mass is 10.1. The molecule has 0 unspecified atom stereocenters. The Kier molecular flexibility index (Phi) is 4.61. The molecule has 26 heavy (non-hydrogen) atoms. The van der Waals surface area contributed by atoms with Crippen molar-refractivity contribution in [3.05, 3.63) is 77.9 Å². The molecule has 0 spiro atoms. The topological polar surface area (TPSA) is 41.6 Å². The van der Waals surface area contributed by atoms with Crippen molar-refractivity contribution >= 4 is 50.3 Å². The summed E-state index contributed by atoms with van der Waals surface area (Å²) in [7, 11) is 0. The Labute approximate surface area is 159 Å². The van der Waals surface area contributed by atoms with Crippen molar-refractivity contribution in [2.75, 3.05) is 0 Å². The van der Waals surface area contributed by atoms with Crippen LogP contribution >= 0.6 is 23.1 Å². The lowest BCUT2D eigenvalue weighted by Crippen LogP contribution is -1.90. The fraction of sp³-hybridized carbons (Fsp3) is 0.0476. The molecule has 0 aliphatic rings. The third-order valence-corrected chi connectivity index (χ3v) is 6.04. The van der Waals surface area contributed by atoms with Crippen LogP contribution in [0.2, 0.25) is 0 Å². The van der Waals surface area contributed by atoms with Crippen LogP contribution in [0.4, 0.5) is 0 Å². The van der Waals surface area contributed by atoms with Gasteiger partial charge in [-0.2, -0.15) is 5.26 Å². The van der Waals surface area contributed by atoms with E-state index in [1.165, 1.54) is 11.8 Å². The van der Waals surface area contributed by atoms with E-state index in [2.05, 4.69) is 46.6 Å². The van der Waals surface area contributed by atoms with Gasteiger partial charge in [0, 0.05) is 29.2 Å². The molecule has 2 aromatic heterocycles. The van der Waals surface area contributed by atoms with E-state index in [4.69, 9.17) is 0 Å². The number of para-hydroxylation sites is 2. The maximum atomic E-state index is 9.62. The Balaban J connectivity index is 1.72. The third-order valence-electron chi connectivity index (χ3n) is 4.01. The van der Waals surface area contributed by atoms with Gasteiger partial charge in [-0.1, -0.05) is 36.4 Å². The Hall–Kier alpha value is -2.81. The van der Waals surface area contributed by atoms with Crippen LogP contribution in [0.15, 0.2) is 76.6 Å². The van der Waals surface area contributed by atoms with E-state index in [0.29, 0.717) is 4.91 Å². The largest absolute Gasteiger partial charge is 0.343 e. The molecule has 0 radical (unpaired) electrons. The summed E-state index contributed by atoms with van der Waals surface area (Å²) in [6.45, 7) is 4.56. The number of hydrogen-bond donors (Lipinski definition) is 0. The molecule has 0 bridgehead atoms. The maximum Gasteiger partial charge on any atom is 0.156 e. The van der Waals surface area contributed by atoms with Gasteiger partial charge in [0.1, 0.15) is 6.07 Å². The molecule has 0 atom stereocenters. The minimum atomic E-state index is 0.630. The number of nitriles is 1. The highest BCUT2D eigenvalue weighted by atomic mass is 32.2. The van der Waals surface area contributed by atoms with E-state index in [9.17, 15) is 5.26 Å². The summed E-state index contributed by atoms with van der Waals surface area (Å²) in [5.41, 5.74) is 3.15. The summed E-state index contributed by atoms with van der Waals surface area (Å²) in [6, 6.07) is 18.5. The van der Waals surface area contributed by atoms with E-state index in [0.717, 1.165) is 37.6 Å². The highest BCUT2D eigenvalue weighted by Crippen LogP contribution is 2.35. The second-order valence-electron chi connectivity index (χ2n) is 5.71. The third kappa shape index (κ3) is 3.17. The van der Waals surface area contributed by atoms with E-state index >= 15 is 0 Å². The molecule has 0 amide bonds. The van der Waals surface area contributed by atoms with Crippen LogP contribution in [0.3, 0.4) is 0 Å². The molecule has 0 aliphatic carbocycles. The summed E-state index contributed by atoms with van der Waals surface area (Å²) in [5, 5.41) is 10.8. The van der Waals surface area contributed by atoms with E-state index in [-0.39, 0.29) is 0 Å². The predicted molar refractivity (Wildman–Crippen MR) is 111 cm³/mol. The number of thiazole rings is 1. The van der Waals surface area contributed by atoms with E-state index in [1.807, 2.05) is 42.5 Å². The molecule has 0 saturated carbocycles. The molecule has 0 fully saturated rings. The SMILES string of the molecule is C=CCn1cc(/C=C(\C#N)Sc2nc3ccccc3s2)c2ccccc21. The van der Waals surface area contributed by atoms with Crippen LogP contribution in [-0.2, 0) is 6.54 Å². The second-order valence-corrected chi connectivity index (χ2v) is 8.03. The van der Waals surface area contributed by atoms with Crippen molar-refractivity contribution in [2.45, 2.75) is 10.9 Å². The van der Waals surface area contributed by atoms with Crippen LogP contribution in [0.25, 0.3) is 27.2 Å². The highest BCUT2D eigenvalue weighted by Gasteiger charge is 2.10. The van der Waals surface area contributed by atoms with Crippen molar-refractivity contribution in [3.8, 4) is 6.07 Å². The van der Waals surface area contributed by atoms with Gasteiger partial charge in [-0.25, -0.2) is 4.98 Å². The average molecular weight is 374 g/mol. The minimum Gasteiger partial charge on any atom is -0.343 e. The average Bonchev–Trinajstić information content (AvgIpc) is 3.23. The van der Waals surface area contributed by atoms with Crippen LogP contribution < -0.4 is 0 Å². The molecule has 0 saturated heterocycles. The van der Waals surface area contributed by atoms with Gasteiger partial charge in [-0.3, -0.25) is 0 Å². The quantitative estimate of drug-likeness (QED) is 0.241.